The predicted molar refractivity (Wildman–Crippen MR) is 491 cm³/mol. The average Bonchev–Trinajstić information content (AvgIpc) is 1.53. The van der Waals surface area contributed by atoms with Gasteiger partial charge in [0.05, 0.1) is 45.6 Å². The van der Waals surface area contributed by atoms with Crippen LogP contribution in [0.2, 0.25) is 0 Å². The average molecular weight is 1500 g/mol. The molecule has 4 aliphatic heterocycles. The summed E-state index contributed by atoms with van der Waals surface area (Å²) in [5, 5.41) is 0. The van der Waals surface area contributed by atoms with E-state index in [0.717, 1.165) is 88.3 Å². The van der Waals surface area contributed by atoms with E-state index in [1.165, 1.54) is 117 Å². The lowest BCUT2D eigenvalue weighted by molar-refractivity contribution is 1.21. The number of benzene rings is 16. The van der Waals surface area contributed by atoms with Gasteiger partial charge in [-0.05, 0) is 205 Å². The molecular weight excluding hydrogens is 1410 g/mol. The molecule has 0 radical (unpaired) electrons. The number of para-hydroxylation sites is 6. The fourth-order valence-electron chi connectivity index (χ4n) is 15.5. The van der Waals surface area contributed by atoms with Crippen LogP contribution in [0.3, 0.4) is 0 Å². The van der Waals surface area contributed by atoms with Crippen LogP contribution < -0.4 is 19.6 Å². The maximum Gasteiger partial charge on any atom is 0.0669 e. The molecule has 0 aliphatic carbocycles. The van der Waals surface area contributed by atoms with Crippen LogP contribution in [0.1, 0.15) is 44.5 Å². The Hall–Kier alpha value is -14.6. The van der Waals surface area contributed by atoms with Gasteiger partial charge < -0.3 is 19.6 Å². The van der Waals surface area contributed by atoms with Crippen molar-refractivity contribution in [3.05, 3.63) is 457 Å². The van der Waals surface area contributed by atoms with E-state index in [9.17, 15) is 0 Å². The maximum atomic E-state index is 4.84. The van der Waals surface area contributed by atoms with Gasteiger partial charge in [0, 0.05) is 105 Å². The summed E-state index contributed by atoms with van der Waals surface area (Å²) in [4.78, 5) is 28.1. The highest BCUT2D eigenvalue weighted by Gasteiger charge is 2.22. The minimum Gasteiger partial charge on any atom is -0.345 e. The van der Waals surface area contributed by atoms with E-state index in [1.807, 2.05) is 36.4 Å². The van der Waals surface area contributed by atoms with Gasteiger partial charge >= 0.3 is 0 Å². The van der Waals surface area contributed by atoms with E-state index in [-0.39, 0.29) is 0 Å². The van der Waals surface area contributed by atoms with Crippen molar-refractivity contribution < 1.29 is 0 Å². The van der Waals surface area contributed by atoms with Crippen LogP contribution in [0.25, 0.3) is 44.5 Å². The summed E-state index contributed by atoms with van der Waals surface area (Å²) >= 11 is 0. The first kappa shape index (κ1) is 74.2. The standard InChI is InChI=1S/4C27H22N2/c1-29(27-14-8-6-12-24(27)20-9-3-2-4-10-20)23-17-15-21(16-18-23)26-19-22-11-5-7-13-25(22)28-26;1-29(24-11-3-2-4-12-24)25-16-14-20(15-17-25)21-9-7-10-22(18-21)27-19-23-8-5-6-13-26(23)28-27;1-29(25-12-7-11-22(18-25)20-8-3-2-4-9-20)24-16-14-21(15-17-24)27-19-23-10-5-6-13-26(23)28-27;1-29(24-15-11-21(12-16-24)20-7-3-2-4-8-20)25-17-13-22(14-18-25)27-19-23-9-5-6-10-26(23)28-27/h4*2-18H,19H2,1H3. The number of aliphatic imine (C=N–C) groups is 4. The predicted octanol–water partition coefficient (Wildman–Crippen LogP) is 27.2. The highest BCUT2D eigenvalue weighted by atomic mass is 15.1. The van der Waals surface area contributed by atoms with E-state index >= 15 is 0 Å². The Labute approximate surface area is 681 Å². The molecular formula is C108H88N8. The van der Waals surface area contributed by atoms with Crippen molar-refractivity contribution in [1.82, 2.24) is 0 Å². The lowest BCUT2D eigenvalue weighted by Crippen LogP contribution is -2.11. The molecule has 0 saturated heterocycles. The third-order valence-corrected chi connectivity index (χ3v) is 22.2. The summed E-state index contributed by atoms with van der Waals surface area (Å²) in [5.74, 6) is 0. The second-order valence-corrected chi connectivity index (χ2v) is 29.5. The molecule has 16 aromatic rings. The zero-order valence-corrected chi connectivity index (χ0v) is 65.7. The Bertz CT molecular complexity index is 6220. The van der Waals surface area contributed by atoms with Gasteiger partial charge in [-0.1, -0.05) is 291 Å². The lowest BCUT2D eigenvalue weighted by atomic mass is 9.98. The normalized spacial score (nSPS) is 12.4. The van der Waals surface area contributed by atoms with Crippen LogP contribution in [0.5, 0.6) is 0 Å². The van der Waals surface area contributed by atoms with Gasteiger partial charge in [0.1, 0.15) is 0 Å². The van der Waals surface area contributed by atoms with E-state index in [1.54, 1.807) is 0 Å². The van der Waals surface area contributed by atoms with Crippen LogP contribution in [-0.4, -0.2) is 51.0 Å². The molecule has 0 atom stereocenters. The van der Waals surface area contributed by atoms with E-state index in [2.05, 4.69) is 424 Å². The molecule has 0 N–H and O–H groups in total. The molecule has 4 heterocycles. The van der Waals surface area contributed by atoms with Crippen LogP contribution in [0, 0.1) is 0 Å². The summed E-state index contributed by atoms with van der Waals surface area (Å²) in [6, 6.07) is 145. The number of hydrogen-bond acceptors (Lipinski definition) is 8. The first-order chi connectivity index (χ1) is 57.1. The van der Waals surface area contributed by atoms with Gasteiger partial charge in [-0.3, -0.25) is 20.0 Å². The first-order valence-electron chi connectivity index (χ1n) is 39.7. The molecule has 0 aromatic heterocycles. The number of rotatable bonds is 16. The highest BCUT2D eigenvalue weighted by Crippen LogP contribution is 2.39. The summed E-state index contributed by atoms with van der Waals surface area (Å²) < 4.78 is 0. The zero-order valence-electron chi connectivity index (χ0n) is 65.7. The summed E-state index contributed by atoms with van der Waals surface area (Å²) in [5.41, 5.74) is 38.2. The van der Waals surface area contributed by atoms with Crippen molar-refractivity contribution in [3.8, 4) is 44.5 Å². The van der Waals surface area contributed by atoms with Crippen molar-refractivity contribution in [2.24, 2.45) is 20.0 Å². The molecule has 560 valence electrons. The smallest absolute Gasteiger partial charge is 0.0669 e. The van der Waals surface area contributed by atoms with Crippen LogP contribution in [0.4, 0.5) is 68.2 Å². The van der Waals surface area contributed by atoms with E-state index < -0.39 is 0 Å². The van der Waals surface area contributed by atoms with Gasteiger partial charge in [-0.25, -0.2) is 0 Å². The van der Waals surface area contributed by atoms with Crippen molar-refractivity contribution >= 4 is 91.1 Å². The fourth-order valence-corrected chi connectivity index (χ4v) is 15.5. The Morgan fingerprint density at radius 1 is 0.172 bits per heavy atom. The molecule has 20 rings (SSSR count). The van der Waals surface area contributed by atoms with E-state index in [4.69, 9.17) is 20.0 Å². The molecule has 0 unspecified atom stereocenters. The van der Waals surface area contributed by atoms with Crippen LogP contribution >= 0.6 is 0 Å². The highest BCUT2D eigenvalue weighted by molar-refractivity contribution is 6.09. The Morgan fingerprint density at radius 3 is 0.828 bits per heavy atom. The molecule has 0 saturated carbocycles. The largest absolute Gasteiger partial charge is 0.345 e. The molecule has 0 fully saturated rings. The maximum absolute atomic E-state index is 4.84. The van der Waals surface area contributed by atoms with Crippen LogP contribution in [0.15, 0.2) is 432 Å². The lowest BCUT2D eigenvalue weighted by Gasteiger charge is -2.23. The van der Waals surface area contributed by atoms with Gasteiger partial charge in [-0.15, -0.1) is 0 Å². The summed E-state index contributed by atoms with van der Waals surface area (Å²) in [6.07, 6.45) is 3.62. The minimum absolute atomic E-state index is 0.903. The summed E-state index contributed by atoms with van der Waals surface area (Å²) in [7, 11) is 8.44. The molecule has 0 spiro atoms. The minimum atomic E-state index is 0.903. The van der Waals surface area contributed by atoms with Gasteiger partial charge in [0.25, 0.3) is 0 Å². The number of anilines is 8. The first-order valence-corrected chi connectivity index (χ1v) is 39.7. The van der Waals surface area contributed by atoms with Gasteiger partial charge in [-0.2, -0.15) is 0 Å². The number of fused-ring (bicyclic) bond motifs is 4. The number of hydrogen-bond donors (Lipinski definition) is 0. The Morgan fingerprint density at radius 2 is 0.422 bits per heavy atom. The molecule has 116 heavy (non-hydrogen) atoms. The Balaban J connectivity index is 0.000000111. The van der Waals surface area contributed by atoms with Gasteiger partial charge in [0.15, 0.2) is 0 Å². The quantitative estimate of drug-likeness (QED) is 0.0967. The summed E-state index contributed by atoms with van der Waals surface area (Å²) in [6.45, 7) is 0. The third-order valence-electron chi connectivity index (χ3n) is 22.2. The Kier molecular flexibility index (Phi) is 22.1. The molecule has 0 amide bonds. The fraction of sp³-hybridized carbons (Fsp3) is 0.0741. The molecule has 16 aromatic carbocycles. The zero-order chi connectivity index (χ0) is 78.5. The molecule has 4 aliphatic rings. The number of nitrogens with zero attached hydrogens (tertiary/aromatic N) is 8. The third kappa shape index (κ3) is 16.9. The molecule has 8 nitrogen and oxygen atoms in total. The van der Waals surface area contributed by atoms with Crippen molar-refractivity contribution in [2.75, 3.05) is 47.8 Å². The topological polar surface area (TPSA) is 62.4 Å². The van der Waals surface area contributed by atoms with Crippen molar-refractivity contribution in [1.29, 1.82) is 0 Å². The monoisotopic (exact) mass is 1500 g/mol. The second-order valence-electron chi connectivity index (χ2n) is 29.5. The van der Waals surface area contributed by atoms with E-state index in [0.29, 0.717) is 0 Å². The van der Waals surface area contributed by atoms with Crippen molar-refractivity contribution in [3.63, 3.8) is 0 Å². The SMILES string of the molecule is CN(c1ccc(C2=Nc3ccccc3C2)cc1)c1ccc(-c2ccccc2)cc1.CN(c1ccc(C2=Nc3ccccc3C2)cc1)c1cccc(-c2ccccc2)c1.CN(c1ccc(C2=Nc3ccccc3C2)cc1)c1ccccc1-c1ccccc1.CN(c1ccccc1)c1ccc(-c2cccc(C3=Nc4ccccc4C3)c2)cc1. The van der Waals surface area contributed by atoms with Crippen LogP contribution in [-0.2, 0) is 25.7 Å². The van der Waals surface area contributed by atoms with Crippen molar-refractivity contribution in [2.45, 2.75) is 25.7 Å². The second kappa shape index (κ2) is 34.6. The molecule has 0 bridgehead atoms. The van der Waals surface area contributed by atoms with Gasteiger partial charge in [0.2, 0.25) is 0 Å². The molecule has 8 heteroatoms.